The lowest BCUT2D eigenvalue weighted by molar-refractivity contribution is -0.00886. The van der Waals surface area contributed by atoms with E-state index in [1.807, 2.05) is 6.07 Å². The highest BCUT2D eigenvalue weighted by Crippen LogP contribution is 2.37. The Morgan fingerprint density at radius 3 is 3.06 bits per heavy atom. The summed E-state index contributed by atoms with van der Waals surface area (Å²) in [5.41, 5.74) is 0.723. The van der Waals surface area contributed by atoms with Crippen LogP contribution in [0.5, 0.6) is 0 Å². The summed E-state index contributed by atoms with van der Waals surface area (Å²) in [6, 6.07) is 8.72. The van der Waals surface area contributed by atoms with Gasteiger partial charge in [0.25, 0.3) is 0 Å². The lowest BCUT2D eigenvalue weighted by atomic mass is 9.84. The smallest absolute Gasteiger partial charge is 0.0854 e. The predicted octanol–water partition coefficient (Wildman–Crippen LogP) is 2.98. The second-order valence-corrected chi connectivity index (χ2v) is 6.62. The number of halogens is 1. The van der Waals surface area contributed by atoms with Crippen LogP contribution in [-0.4, -0.2) is 34.7 Å². The van der Waals surface area contributed by atoms with Gasteiger partial charge in [0, 0.05) is 23.5 Å². The van der Waals surface area contributed by atoms with E-state index in [0.717, 1.165) is 30.3 Å². The lowest BCUT2D eigenvalue weighted by Crippen LogP contribution is -2.48. The van der Waals surface area contributed by atoms with E-state index in [-0.39, 0.29) is 0 Å². The molecule has 0 spiro atoms. The maximum absolute atomic E-state index is 11.0. The maximum atomic E-state index is 11.0. The number of hydrogen-bond acceptors (Lipinski definition) is 2. The van der Waals surface area contributed by atoms with Crippen molar-refractivity contribution in [1.29, 1.82) is 0 Å². The third kappa shape index (κ3) is 2.36. The first-order valence-electron chi connectivity index (χ1n) is 6.88. The molecule has 1 aromatic rings. The van der Waals surface area contributed by atoms with E-state index in [1.165, 1.54) is 24.9 Å². The molecule has 2 saturated heterocycles. The van der Waals surface area contributed by atoms with E-state index >= 15 is 0 Å². The molecule has 0 amide bonds. The Morgan fingerprint density at radius 1 is 1.33 bits per heavy atom. The molecule has 2 unspecified atom stereocenters. The Bertz CT molecular complexity index is 436. The van der Waals surface area contributed by atoms with Crippen molar-refractivity contribution in [2.45, 2.75) is 43.7 Å². The van der Waals surface area contributed by atoms with Crippen LogP contribution in [0.25, 0.3) is 0 Å². The van der Waals surface area contributed by atoms with Gasteiger partial charge in [0.05, 0.1) is 5.60 Å². The lowest BCUT2D eigenvalue weighted by Gasteiger charge is -2.37. The fourth-order valence-electron chi connectivity index (χ4n) is 3.58. The first-order valence-corrected chi connectivity index (χ1v) is 7.68. The first kappa shape index (κ1) is 12.6. The van der Waals surface area contributed by atoms with Gasteiger partial charge in [0.1, 0.15) is 0 Å². The molecule has 98 valence electrons. The standard InChI is InChI=1S/C15H20BrNO/c16-13-5-3-4-12(10-13)11-15(18)7-9-17-8-2-1-6-14(15)17/h3-5,10,14,18H,1-2,6-9,11H2. The predicted molar refractivity (Wildman–Crippen MR) is 76.6 cm³/mol. The molecule has 2 fully saturated rings. The highest BCUT2D eigenvalue weighted by Gasteiger charge is 2.46. The van der Waals surface area contributed by atoms with E-state index < -0.39 is 5.60 Å². The quantitative estimate of drug-likeness (QED) is 0.908. The van der Waals surface area contributed by atoms with Crippen LogP contribution in [0.15, 0.2) is 28.7 Å². The molecule has 0 aromatic heterocycles. The highest BCUT2D eigenvalue weighted by molar-refractivity contribution is 9.10. The molecule has 2 aliphatic heterocycles. The number of piperidine rings is 1. The largest absolute Gasteiger partial charge is 0.388 e. The fourth-order valence-corrected chi connectivity index (χ4v) is 4.02. The van der Waals surface area contributed by atoms with Crippen LogP contribution in [-0.2, 0) is 6.42 Å². The molecule has 2 heterocycles. The van der Waals surface area contributed by atoms with Gasteiger partial charge in [-0.15, -0.1) is 0 Å². The van der Waals surface area contributed by atoms with Crippen LogP contribution >= 0.6 is 15.9 Å². The van der Waals surface area contributed by atoms with Gasteiger partial charge in [-0.1, -0.05) is 34.5 Å². The van der Waals surface area contributed by atoms with E-state index in [1.54, 1.807) is 0 Å². The number of aliphatic hydroxyl groups is 1. The average molecular weight is 310 g/mol. The van der Waals surface area contributed by atoms with Gasteiger partial charge < -0.3 is 5.11 Å². The monoisotopic (exact) mass is 309 g/mol. The van der Waals surface area contributed by atoms with E-state index in [2.05, 4.69) is 39.0 Å². The zero-order valence-electron chi connectivity index (χ0n) is 10.6. The normalized spacial score (nSPS) is 32.4. The van der Waals surface area contributed by atoms with Gasteiger partial charge in [-0.25, -0.2) is 0 Å². The Hall–Kier alpha value is -0.380. The van der Waals surface area contributed by atoms with Gasteiger partial charge >= 0.3 is 0 Å². The highest BCUT2D eigenvalue weighted by atomic mass is 79.9. The third-order valence-corrected chi connectivity index (χ3v) is 4.96. The number of fused-ring (bicyclic) bond motifs is 1. The van der Waals surface area contributed by atoms with Crippen molar-refractivity contribution >= 4 is 15.9 Å². The second kappa shape index (κ2) is 4.95. The Morgan fingerprint density at radius 2 is 2.22 bits per heavy atom. The molecule has 0 aliphatic carbocycles. The van der Waals surface area contributed by atoms with Gasteiger partial charge in [-0.2, -0.15) is 0 Å². The van der Waals surface area contributed by atoms with Gasteiger partial charge in [-0.3, -0.25) is 4.90 Å². The van der Waals surface area contributed by atoms with Crippen molar-refractivity contribution in [2.75, 3.05) is 13.1 Å². The minimum absolute atomic E-state index is 0.380. The fraction of sp³-hybridized carbons (Fsp3) is 0.600. The van der Waals surface area contributed by atoms with Crippen LogP contribution < -0.4 is 0 Å². The Labute approximate surface area is 117 Å². The molecule has 3 rings (SSSR count). The summed E-state index contributed by atoms with van der Waals surface area (Å²) >= 11 is 3.51. The van der Waals surface area contributed by atoms with Crippen LogP contribution in [0.4, 0.5) is 0 Å². The summed E-state index contributed by atoms with van der Waals surface area (Å²) in [5.74, 6) is 0. The Balaban J connectivity index is 1.78. The van der Waals surface area contributed by atoms with Crippen molar-refractivity contribution in [3.8, 4) is 0 Å². The van der Waals surface area contributed by atoms with Crippen LogP contribution in [0, 0.1) is 0 Å². The third-order valence-electron chi connectivity index (χ3n) is 4.47. The SMILES string of the molecule is OC1(Cc2cccc(Br)c2)CCN2CCCCC21. The molecule has 0 bridgehead atoms. The summed E-state index contributed by atoms with van der Waals surface area (Å²) in [7, 11) is 0. The second-order valence-electron chi connectivity index (χ2n) is 5.71. The molecule has 2 atom stereocenters. The zero-order valence-corrected chi connectivity index (χ0v) is 12.2. The van der Waals surface area contributed by atoms with E-state index in [0.29, 0.717) is 6.04 Å². The molecule has 2 nitrogen and oxygen atoms in total. The van der Waals surface area contributed by atoms with Crippen molar-refractivity contribution in [2.24, 2.45) is 0 Å². The van der Waals surface area contributed by atoms with E-state index in [4.69, 9.17) is 0 Å². The molecule has 1 aromatic carbocycles. The van der Waals surface area contributed by atoms with Gasteiger partial charge in [0.15, 0.2) is 0 Å². The summed E-state index contributed by atoms with van der Waals surface area (Å²) in [6.07, 6.45) is 5.42. The molecule has 1 N–H and O–H groups in total. The van der Waals surface area contributed by atoms with Crippen LogP contribution in [0.2, 0.25) is 0 Å². The molecule has 2 aliphatic rings. The van der Waals surface area contributed by atoms with Crippen molar-refractivity contribution in [1.82, 2.24) is 4.90 Å². The minimum atomic E-state index is -0.513. The number of nitrogens with zero attached hydrogens (tertiary/aromatic N) is 1. The average Bonchev–Trinajstić information content (AvgIpc) is 2.68. The zero-order chi connectivity index (χ0) is 12.6. The molecular formula is C15H20BrNO. The maximum Gasteiger partial charge on any atom is 0.0854 e. The Kier molecular flexibility index (Phi) is 3.48. The minimum Gasteiger partial charge on any atom is -0.388 e. The molecule has 18 heavy (non-hydrogen) atoms. The van der Waals surface area contributed by atoms with E-state index in [9.17, 15) is 5.11 Å². The van der Waals surface area contributed by atoms with Gasteiger partial charge in [0.2, 0.25) is 0 Å². The van der Waals surface area contributed by atoms with Crippen molar-refractivity contribution < 1.29 is 5.11 Å². The summed E-state index contributed by atoms with van der Waals surface area (Å²) < 4.78 is 1.10. The number of benzene rings is 1. The van der Waals surface area contributed by atoms with Crippen molar-refractivity contribution in [3.05, 3.63) is 34.3 Å². The summed E-state index contributed by atoms with van der Waals surface area (Å²) in [5, 5.41) is 11.0. The summed E-state index contributed by atoms with van der Waals surface area (Å²) in [6.45, 7) is 2.24. The van der Waals surface area contributed by atoms with Crippen molar-refractivity contribution in [3.63, 3.8) is 0 Å². The first-order chi connectivity index (χ1) is 8.67. The summed E-state index contributed by atoms with van der Waals surface area (Å²) in [4.78, 5) is 2.49. The van der Waals surface area contributed by atoms with Crippen LogP contribution in [0.1, 0.15) is 31.2 Å². The molecule has 3 heteroatoms. The molecular weight excluding hydrogens is 290 g/mol. The number of hydrogen-bond donors (Lipinski definition) is 1. The van der Waals surface area contributed by atoms with Gasteiger partial charge in [-0.05, 0) is 43.5 Å². The molecule has 0 radical (unpaired) electrons. The molecule has 0 saturated carbocycles. The van der Waals surface area contributed by atoms with Crippen LogP contribution in [0.3, 0.4) is 0 Å². The topological polar surface area (TPSA) is 23.5 Å². The number of rotatable bonds is 2.